The third kappa shape index (κ3) is 4.28. The minimum Gasteiger partial charge on any atom is -0.326 e. The van der Waals surface area contributed by atoms with Crippen molar-refractivity contribution < 1.29 is 13.2 Å². The first-order valence-corrected chi connectivity index (χ1v) is 8.57. The molecule has 1 aromatic rings. The number of rotatable bonds is 6. The molecule has 0 atom stereocenters. The summed E-state index contributed by atoms with van der Waals surface area (Å²) < 4.78 is 26.8. The van der Waals surface area contributed by atoms with E-state index in [1.807, 2.05) is 27.7 Å². The smallest absolute Gasteiger partial charge is 0.243 e. The van der Waals surface area contributed by atoms with Crippen LogP contribution >= 0.6 is 0 Å². The average Bonchev–Trinajstić information content (AvgIpc) is 2.37. The van der Waals surface area contributed by atoms with Gasteiger partial charge < -0.3 is 5.32 Å². The van der Waals surface area contributed by atoms with Gasteiger partial charge >= 0.3 is 0 Å². The summed E-state index contributed by atoms with van der Waals surface area (Å²) in [6.07, 6.45) is 0.383. The first kappa shape index (κ1) is 17.7. The van der Waals surface area contributed by atoms with Crippen LogP contribution in [0.3, 0.4) is 0 Å². The second-order valence-electron chi connectivity index (χ2n) is 5.45. The van der Waals surface area contributed by atoms with Crippen LogP contribution in [0.25, 0.3) is 0 Å². The topological polar surface area (TPSA) is 66.5 Å². The highest BCUT2D eigenvalue weighted by atomic mass is 32.2. The number of benzene rings is 1. The van der Waals surface area contributed by atoms with E-state index in [4.69, 9.17) is 0 Å². The van der Waals surface area contributed by atoms with E-state index in [1.54, 1.807) is 19.1 Å². The monoisotopic (exact) mass is 312 g/mol. The minimum atomic E-state index is -3.53. The lowest BCUT2D eigenvalue weighted by Gasteiger charge is -2.29. The lowest BCUT2D eigenvalue weighted by Crippen LogP contribution is -2.41. The number of hydrogen-bond donors (Lipinski definition) is 1. The molecule has 21 heavy (non-hydrogen) atoms. The molecule has 1 rings (SSSR count). The van der Waals surface area contributed by atoms with Gasteiger partial charge in [-0.2, -0.15) is 4.31 Å². The van der Waals surface area contributed by atoms with Crippen LogP contribution in [0.5, 0.6) is 0 Å². The van der Waals surface area contributed by atoms with E-state index in [0.717, 1.165) is 0 Å². The molecule has 0 spiro atoms. The van der Waals surface area contributed by atoms with Gasteiger partial charge in [-0.1, -0.05) is 6.92 Å². The van der Waals surface area contributed by atoms with E-state index >= 15 is 0 Å². The number of sulfonamides is 1. The van der Waals surface area contributed by atoms with Crippen molar-refractivity contribution in [3.8, 4) is 0 Å². The molecule has 0 aromatic heterocycles. The van der Waals surface area contributed by atoms with Gasteiger partial charge in [0.2, 0.25) is 15.9 Å². The van der Waals surface area contributed by atoms with Crippen LogP contribution in [0, 0.1) is 0 Å². The van der Waals surface area contributed by atoms with Crippen LogP contribution in [0.2, 0.25) is 0 Å². The van der Waals surface area contributed by atoms with Gasteiger partial charge in [-0.15, -0.1) is 0 Å². The van der Waals surface area contributed by atoms with Gasteiger partial charge in [0, 0.05) is 24.2 Å². The van der Waals surface area contributed by atoms with Gasteiger partial charge in [-0.3, -0.25) is 4.79 Å². The van der Waals surface area contributed by atoms with Gasteiger partial charge in [0.15, 0.2) is 0 Å². The van der Waals surface area contributed by atoms with Crippen LogP contribution in [-0.2, 0) is 14.8 Å². The Balaban J connectivity index is 3.07. The lowest BCUT2D eigenvalue weighted by atomic mass is 10.3. The highest BCUT2D eigenvalue weighted by Crippen LogP contribution is 2.22. The molecular formula is C15H24N2O3S. The van der Waals surface area contributed by atoms with E-state index in [-0.39, 0.29) is 22.9 Å². The van der Waals surface area contributed by atoms with Crippen molar-refractivity contribution in [2.45, 2.75) is 58.0 Å². The maximum atomic E-state index is 12.6. The quantitative estimate of drug-likeness (QED) is 0.878. The van der Waals surface area contributed by atoms with Crippen LogP contribution in [0.1, 0.15) is 41.0 Å². The molecule has 0 fully saturated rings. The van der Waals surface area contributed by atoms with Gasteiger partial charge in [0.05, 0.1) is 4.90 Å². The number of carbonyl (C=O) groups excluding carboxylic acids is 1. The fourth-order valence-electron chi connectivity index (χ4n) is 2.23. The highest BCUT2D eigenvalue weighted by Gasteiger charge is 2.29. The standard InChI is InChI=1S/C15H24N2O3S/c1-6-15(18)16-13-7-9-14(10-8-13)21(19,20)17(11(2)3)12(4)5/h7-12H,6H2,1-5H3,(H,16,18). The Kier molecular flexibility index (Phi) is 5.92. The Morgan fingerprint density at radius 1 is 1.10 bits per heavy atom. The molecule has 0 aliphatic rings. The van der Waals surface area contributed by atoms with E-state index in [1.165, 1.54) is 16.4 Å². The molecule has 0 aliphatic heterocycles. The summed E-state index contributed by atoms with van der Waals surface area (Å²) >= 11 is 0. The van der Waals surface area contributed by atoms with E-state index in [2.05, 4.69) is 5.32 Å². The maximum absolute atomic E-state index is 12.6. The van der Waals surface area contributed by atoms with Crippen molar-refractivity contribution in [3.63, 3.8) is 0 Å². The second kappa shape index (κ2) is 7.04. The van der Waals surface area contributed by atoms with Crippen molar-refractivity contribution in [1.29, 1.82) is 0 Å². The van der Waals surface area contributed by atoms with Gasteiger partial charge in [0.1, 0.15) is 0 Å². The number of nitrogens with zero attached hydrogens (tertiary/aromatic N) is 1. The summed E-state index contributed by atoms with van der Waals surface area (Å²) in [6.45, 7) is 9.18. The molecule has 0 unspecified atom stereocenters. The Morgan fingerprint density at radius 3 is 1.95 bits per heavy atom. The van der Waals surface area contributed by atoms with Crippen molar-refractivity contribution in [1.82, 2.24) is 4.31 Å². The molecule has 6 heteroatoms. The van der Waals surface area contributed by atoms with Crippen LogP contribution in [0.15, 0.2) is 29.2 Å². The molecule has 0 saturated heterocycles. The molecule has 0 radical (unpaired) electrons. The van der Waals surface area contributed by atoms with Crippen LogP contribution in [0.4, 0.5) is 5.69 Å². The van der Waals surface area contributed by atoms with E-state index in [0.29, 0.717) is 12.1 Å². The molecule has 0 aliphatic carbocycles. The number of anilines is 1. The maximum Gasteiger partial charge on any atom is 0.243 e. The molecule has 0 heterocycles. The van der Waals surface area contributed by atoms with Gasteiger partial charge in [-0.25, -0.2) is 8.42 Å². The SMILES string of the molecule is CCC(=O)Nc1ccc(S(=O)(=O)N(C(C)C)C(C)C)cc1. The largest absolute Gasteiger partial charge is 0.326 e. The number of carbonyl (C=O) groups is 1. The zero-order valence-corrected chi connectivity index (χ0v) is 14.1. The Labute approximate surface area is 127 Å². The predicted octanol–water partition coefficient (Wildman–Crippen LogP) is 2.84. The van der Waals surface area contributed by atoms with Crippen molar-refractivity contribution in [3.05, 3.63) is 24.3 Å². The van der Waals surface area contributed by atoms with Crippen LogP contribution in [-0.4, -0.2) is 30.7 Å². The molecule has 1 aromatic carbocycles. The fraction of sp³-hybridized carbons (Fsp3) is 0.533. The Morgan fingerprint density at radius 2 is 1.57 bits per heavy atom. The molecule has 5 nitrogen and oxygen atoms in total. The first-order valence-electron chi connectivity index (χ1n) is 7.13. The van der Waals surface area contributed by atoms with Gasteiger partial charge in [0.25, 0.3) is 0 Å². The summed E-state index contributed by atoms with van der Waals surface area (Å²) in [7, 11) is -3.53. The van der Waals surface area contributed by atoms with Crippen molar-refractivity contribution in [2.75, 3.05) is 5.32 Å². The molecule has 1 N–H and O–H groups in total. The minimum absolute atomic E-state index is 0.100. The fourth-order valence-corrected chi connectivity index (χ4v) is 4.07. The van der Waals surface area contributed by atoms with Crippen molar-refractivity contribution in [2.24, 2.45) is 0 Å². The summed E-state index contributed by atoms with van der Waals surface area (Å²) in [5.74, 6) is -0.100. The summed E-state index contributed by atoms with van der Waals surface area (Å²) in [5.41, 5.74) is 0.599. The Hall–Kier alpha value is -1.40. The molecular weight excluding hydrogens is 288 g/mol. The molecule has 0 saturated carbocycles. The summed E-state index contributed by atoms with van der Waals surface area (Å²) in [6, 6.07) is 6.04. The summed E-state index contributed by atoms with van der Waals surface area (Å²) in [5, 5.41) is 2.70. The van der Waals surface area contributed by atoms with E-state index < -0.39 is 10.0 Å². The van der Waals surface area contributed by atoms with Gasteiger partial charge in [-0.05, 0) is 52.0 Å². The zero-order chi connectivity index (χ0) is 16.2. The normalized spacial score (nSPS) is 12.2. The molecule has 0 bridgehead atoms. The molecule has 118 valence electrons. The van der Waals surface area contributed by atoms with Crippen LogP contribution < -0.4 is 5.32 Å². The zero-order valence-electron chi connectivity index (χ0n) is 13.3. The summed E-state index contributed by atoms with van der Waals surface area (Å²) in [4.78, 5) is 11.5. The number of amides is 1. The highest BCUT2D eigenvalue weighted by molar-refractivity contribution is 7.89. The second-order valence-corrected chi connectivity index (χ2v) is 7.29. The average molecular weight is 312 g/mol. The third-order valence-electron chi connectivity index (χ3n) is 3.05. The number of nitrogens with one attached hydrogen (secondary N) is 1. The van der Waals surface area contributed by atoms with E-state index in [9.17, 15) is 13.2 Å². The first-order chi connectivity index (χ1) is 9.70. The Bertz CT molecular complexity index is 569. The predicted molar refractivity (Wildman–Crippen MR) is 84.7 cm³/mol. The number of hydrogen-bond acceptors (Lipinski definition) is 3. The third-order valence-corrected chi connectivity index (χ3v) is 5.32. The lowest BCUT2D eigenvalue weighted by molar-refractivity contribution is -0.115. The van der Waals surface area contributed by atoms with Crippen molar-refractivity contribution >= 4 is 21.6 Å². The molecule has 1 amide bonds.